The molecule has 0 aliphatic heterocycles. The van der Waals surface area contributed by atoms with Gasteiger partial charge < -0.3 is 0 Å². The lowest BCUT2D eigenvalue weighted by Crippen LogP contribution is -2.32. The van der Waals surface area contributed by atoms with Gasteiger partial charge in [-0.1, -0.05) is 0 Å². The van der Waals surface area contributed by atoms with Crippen LogP contribution in [-0.2, 0) is 12.8 Å². The number of pyridine rings is 1. The van der Waals surface area contributed by atoms with Crippen LogP contribution in [0.2, 0.25) is 5.15 Å². The highest BCUT2D eigenvalue weighted by Crippen LogP contribution is 2.24. The summed E-state index contributed by atoms with van der Waals surface area (Å²) < 4.78 is 0.992. The quantitative estimate of drug-likeness (QED) is 0.371. The Morgan fingerprint density at radius 3 is 2.92 bits per heavy atom. The third-order valence-electron chi connectivity index (χ3n) is 2.38. The Labute approximate surface area is 76.4 Å². The fourth-order valence-corrected chi connectivity index (χ4v) is 1.98. The average molecular weight is 185 g/mol. The van der Waals surface area contributed by atoms with E-state index in [1.807, 2.05) is 6.07 Å². The summed E-state index contributed by atoms with van der Waals surface area (Å²) in [5, 5.41) is 9.74. The molecule has 1 aliphatic carbocycles. The molecule has 0 radical (unpaired) electrons. The maximum atomic E-state index is 9.26. The molecule has 2 nitrogen and oxygen atoms in total. The van der Waals surface area contributed by atoms with Gasteiger partial charge in [-0.15, -0.1) is 0 Å². The zero-order chi connectivity index (χ0) is 8.55. The average Bonchev–Trinajstić information content (AvgIpc) is 2.12. The molecule has 0 saturated carbocycles. The highest BCUT2D eigenvalue weighted by molar-refractivity contribution is 6.29. The number of aryl methyl sites for hydroxylation is 1. The van der Waals surface area contributed by atoms with Gasteiger partial charge in [0, 0.05) is 16.4 Å². The first-order valence-electron chi connectivity index (χ1n) is 4.20. The SMILES string of the molecule is O[n+]1ccc2c(c1Cl)CCCC2. The first-order valence-corrected chi connectivity index (χ1v) is 4.58. The summed E-state index contributed by atoms with van der Waals surface area (Å²) >= 11 is 5.92. The second-order valence-electron chi connectivity index (χ2n) is 3.16. The van der Waals surface area contributed by atoms with Crippen molar-refractivity contribution in [1.29, 1.82) is 0 Å². The van der Waals surface area contributed by atoms with Crippen LogP contribution in [0, 0.1) is 0 Å². The van der Waals surface area contributed by atoms with Crippen molar-refractivity contribution in [3.63, 3.8) is 0 Å². The van der Waals surface area contributed by atoms with E-state index >= 15 is 0 Å². The summed E-state index contributed by atoms with van der Waals surface area (Å²) in [5.74, 6) is 0. The lowest BCUT2D eigenvalue weighted by Gasteiger charge is -2.12. The molecule has 0 fully saturated rings. The third kappa shape index (κ3) is 1.16. The van der Waals surface area contributed by atoms with Crippen molar-refractivity contribution in [3.05, 3.63) is 28.5 Å². The Bertz CT molecular complexity index is 312. The van der Waals surface area contributed by atoms with E-state index in [0.717, 1.165) is 23.1 Å². The van der Waals surface area contributed by atoms with Crippen molar-refractivity contribution >= 4 is 11.6 Å². The lowest BCUT2D eigenvalue weighted by molar-refractivity contribution is -0.903. The van der Waals surface area contributed by atoms with E-state index in [1.165, 1.54) is 18.4 Å². The molecule has 0 bridgehead atoms. The Hall–Kier alpha value is -0.760. The van der Waals surface area contributed by atoms with Gasteiger partial charge in [0.05, 0.1) is 0 Å². The van der Waals surface area contributed by atoms with Crippen molar-refractivity contribution in [2.75, 3.05) is 0 Å². The van der Waals surface area contributed by atoms with Gasteiger partial charge in [-0.2, -0.15) is 0 Å². The number of aromatic nitrogens is 1. The number of hydrogen-bond acceptors (Lipinski definition) is 1. The number of fused-ring (bicyclic) bond motifs is 1. The Balaban J connectivity index is 2.54. The minimum absolute atomic E-state index is 0.479. The largest absolute Gasteiger partial charge is 0.328 e. The molecule has 1 N–H and O–H groups in total. The van der Waals surface area contributed by atoms with Crippen molar-refractivity contribution in [3.8, 4) is 0 Å². The van der Waals surface area contributed by atoms with E-state index in [9.17, 15) is 5.21 Å². The zero-order valence-corrected chi connectivity index (χ0v) is 7.51. The van der Waals surface area contributed by atoms with E-state index in [1.54, 1.807) is 6.20 Å². The molecule has 2 rings (SSSR count). The molecule has 1 aromatic heterocycles. The molecule has 0 unspecified atom stereocenters. The lowest BCUT2D eigenvalue weighted by atomic mass is 9.94. The molecule has 1 heterocycles. The van der Waals surface area contributed by atoms with Gasteiger partial charge in [0.25, 0.3) is 0 Å². The molecule has 0 atom stereocenters. The molecule has 3 heteroatoms. The van der Waals surface area contributed by atoms with Gasteiger partial charge in [0.2, 0.25) is 6.20 Å². The molecule has 1 aliphatic rings. The maximum Gasteiger partial charge on any atom is 0.328 e. The Kier molecular flexibility index (Phi) is 1.93. The van der Waals surface area contributed by atoms with E-state index in [-0.39, 0.29) is 0 Å². The highest BCUT2D eigenvalue weighted by atomic mass is 35.5. The van der Waals surface area contributed by atoms with E-state index in [0.29, 0.717) is 5.15 Å². The van der Waals surface area contributed by atoms with Gasteiger partial charge in [-0.3, -0.25) is 5.21 Å². The van der Waals surface area contributed by atoms with Crippen LogP contribution in [0.1, 0.15) is 24.0 Å². The summed E-state index contributed by atoms with van der Waals surface area (Å²) in [5.41, 5.74) is 2.41. The predicted molar refractivity (Wildman–Crippen MR) is 45.5 cm³/mol. The number of hydrogen-bond donors (Lipinski definition) is 1. The fourth-order valence-electron chi connectivity index (χ4n) is 1.71. The fraction of sp³-hybridized carbons (Fsp3) is 0.444. The number of rotatable bonds is 0. The van der Waals surface area contributed by atoms with Gasteiger partial charge in [0.1, 0.15) is 0 Å². The molecule has 0 saturated heterocycles. The van der Waals surface area contributed by atoms with Crippen LogP contribution in [0.4, 0.5) is 0 Å². The van der Waals surface area contributed by atoms with Crippen LogP contribution >= 0.6 is 11.6 Å². The van der Waals surface area contributed by atoms with Crippen LogP contribution in [0.5, 0.6) is 0 Å². The molecule has 0 aromatic carbocycles. The number of halogens is 1. The summed E-state index contributed by atoms with van der Waals surface area (Å²) in [7, 11) is 0. The van der Waals surface area contributed by atoms with Crippen molar-refractivity contribution < 1.29 is 9.94 Å². The predicted octanol–water partition coefficient (Wildman–Crippen LogP) is 1.74. The summed E-state index contributed by atoms with van der Waals surface area (Å²) in [6.45, 7) is 0. The maximum absolute atomic E-state index is 9.26. The van der Waals surface area contributed by atoms with Gasteiger partial charge in [-0.25, -0.2) is 0 Å². The molecule has 1 aromatic rings. The van der Waals surface area contributed by atoms with Crippen LogP contribution in [0.3, 0.4) is 0 Å². The van der Waals surface area contributed by atoms with E-state index < -0.39 is 0 Å². The first-order chi connectivity index (χ1) is 5.79. The molecule has 0 spiro atoms. The van der Waals surface area contributed by atoms with Gasteiger partial charge in [-0.05, 0) is 42.8 Å². The van der Waals surface area contributed by atoms with Gasteiger partial charge >= 0.3 is 5.15 Å². The molecular weight excluding hydrogens is 174 g/mol. The van der Waals surface area contributed by atoms with Gasteiger partial charge in [0.15, 0.2) is 0 Å². The third-order valence-corrected chi connectivity index (χ3v) is 2.78. The van der Waals surface area contributed by atoms with Crippen LogP contribution in [0.25, 0.3) is 0 Å². The van der Waals surface area contributed by atoms with Crippen LogP contribution in [-0.4, -0.2) is 5.21 Å². The highest BCUT2D eigenvalue weighted by Gasteiger charge is 2.20. The van der Waals surface area contributed by atoms with Crippen LogP contribution < -0.4 is 4.73 Å². The standard InChI is InChI=1S/C9H11ClNO/c10-9-8-4-2-1-3-7(8)5-6-11(9)12/h5-6,12H,1-4H2/q+1. The van der Waals surface area contributed by atoms with E-state index in [2.05, 4.69) is 0 Å². The minimum Gasteiger partial charge on any atom is -0.284 e. The summed E-state index contributed by atoms with van der Waals surface area (Å²) in [6, 6.07) is 1.94. The molecular formula is C9H11ClNO+. The van der Waals surface area contributed by atoms with Crippen molar-refractivity contribution in [2.24, 2.45) is 0 Å². The Morgan fingerprint density at radius 2 is 2.08 bits per heavy atom. The molecule has 0 amide bonds. The minimum atomic E-state index is 0.479. The monoisotopic (exact) mass is 184 g/mol. The first kappa shape index (κ1) is 7.87. The Morgan fingerprint density at radius 1 is 1.33 bits per heavy atom. The van der Waals surface area contributed by atoms with E-state index in [4.69, 9.17) is 11.6 Å². The normalized spacial score (nSPS) is 15.8. The number of nitrogens with zero attached hydrogens (tertiary/aromatic N) is 1. The van der Waals surface area contributed by atoms with Crippen molar-refractivity contribution in [2.45, 2.75) is 25.7 Å². The second kappa shape index (κ2) is 2.94. The molecule has 12 heavy (non-hydrogen) atoms. The zero-order valence-electron chi connectivity index (χ0n) is 6.76. The van der Waals surface area contributed by atoms with Crippen molar-refractivity contribution in [1.82, 2.24) is 0 Å². The smallest absolute Gasteiger partial charge is 0.284 e. The van der Waals surface area contributed by atoms with Crippen LogP contribution in [0.15, 0.2) is 12.3 Å². The summed E-state index contributed by atoms with van der Waals surface area (Å²) in [6.07, 6.45) is 6.10. The molecule has 64 valence electrons. The topological polar surface area (TPSA) is 24.1 Å². The second-order valence-corrected chi connectivity index (χ2v) is 3.52. The summed E-state index contributed by atoms with van der Waals surface area (Å²) in [4.78, 5) is 0.